The smallest absolute Gasteiger partial charge is 0.744 e. The summed E-state index contributed by atoms with van der Waals surface area (Å²) in [4.78, 5) is 24.1. The Morgan fingerprint density at radius 1 is 0.660 bits per heavy atom. The molecule has 0 saturated heterocycles. The van der Waals surface area contributed by atoms with Gasteiger partial charge in [-0.3, -0.25) is 26.3 Å². The molecule has 0 saturated carbocycles. The summed E-state index contributed by atoms with van der Waals surface area (Å²) in [7, 11) is -4.99. The van der Waals surface area contributed by atoms with Gasteiger partial charge in [0.1, 0.15) is 10.1 Å². The van der Waals surface area contributed by atoms with E-state index in [0.717, 1.165) is 6.07 Å². The molecule has 0 radical (unpaired) electrons. The van der Waals surface area contributed by atoms with Crippen molar-refractivity contribution in [1.82, 2.24) is 29.9 Å². The van der Waals surface area contributed by atoms with Gasteiger partial charge in [-0.2, -0.15) is 34.2 Å². The predicted octanol–water partition coefficient (Wildman–Crippen LogP) is -4.13. The van der Waals surface area contributed by atoms with Crippen molar-refractivity contribution in [3.63, 3.8) is 0 Å². The summed E-state index contributed by atoms with van der Waals surface area (Å²) in [6.45, 7) is 0. The molecule has 0 atom stereocenters. The maximum absolute atomic E-state index is 12.3. The number of hydrogen-bond acceptors (Lipinski definition) is 19. The third-order valence-corrected chi connectivity index (χ3v) is 6.96. The Balaban J connectivity index is 0.00000433. The average molecular weight is 729 g/mol. The van der Waals surface area contributed by atoms with E-state index in [9.17, 15) is 18.2 Å². The van der Waals surface area contributed by atoms with Gasteiger partial charge in [-0.25, -0.2) is 8.42 Å². The van der Waals surface area contributed by atoms with Gasteiger partial charge in [-0.15, -0.1) is 0 Å². The Hall–Kier alpha value is -4.62. The molecule has 4 aromatic rings. The SMILES string of the molecule is C#CNc1nc(NC#C)nc(Nc2ccc(C=Cc3ccc(Nc4nc(NC#C)nc(NC#C)n4)cc3S(=O)(=O)[O-])c(SOO[O-])c2)n1.[Na+].[Na+]. The molecule has 0 fully saturated rings. The molecule has 240 valence electrons. The van der Waals surface area contributed by atoms with Gasteiger partial charge in [-0.05, 0) is 35.4 Å². The Labute approximate surface area is 334 Å². The maximum Gasteiger partial charge on any atom is 1.00 e. The van der Waals surface area contributed by atoms with E-state index in [1.54, 1.807) is 12.1 Å². The number of rotatable bonds is 14. The minimum Gasteiger partial charge on any atom is -0.744 e. The molecule has 50 heavy (non-hydrogen) atoms. The molecule has 6 N–H and O–H groups in total. The number of nitrogens with one attached hydrogen (secondary N) is 6. The Kier molecular flexibility index (Phi) is 16.7. The molecule has 0 spiro atoms. The standard InChI is InChI=1S/C28H20N12O6S2.2Na/c1-5-29-23-35-24(30-6-2)38-27(37-23)33-19-13-11-17(21(15-19)47-46-45-41)9-10-18-12-14-20(16-22(18)48(42,43)44)34-28-39-25(31-7-3)36-26(40-28)32-8-4;;/h1-4,9-16,41H,(H,42,43,44)(H3,29,30,33,35,37,38)(H3,31,32,34,36,39,40);;/q;2*+1/p-2. The number of nitrogens with zero attached hydrogens (tertiary/aromatic N) is 6. The second-order valence-electron chi connectivity index (χ2n) is 8.45. The first-order valence-corrected chi connectivity index (χ1v) is 14.8. The van der Waals surface area contributed by atoms with Crippen molar-refractivity contribution in [2.24, 2.45) is 0 Å². The first kappa shape index (κ1) is 41.6. The quantitative estimate of drug-likeness (QED) is 0.0105. The van der Waals surface area contributed by atoms with Crippen LogP contribution in [0.25, 0.3) is 12.2 Å². The number of hydrogen-bond donors (Lipinski definition) is 6. The molecule has 0 aliphatic carbocycles. The number of anilines is 8. The molecule has 2 aromatic heterocycles. The maximum atomic E-state index is 12.3. The van der Waals surface area contributed by atoms with Gasteiger partial charge in [0.05, 0.1) is 16.9 Å². The first-order chi connectivity index (χ1) is 23.1. The molecule has 0 unspecified atom stereocenters. The van der Waals surface area contributed by atoms with Gasteiger partial charge in [0, 0.05) is 40.4 Å². The zero-order valence-corrected chi connectivity index (χ0v) is 31.5. The first-order valence-electron chi connectivity index (χ1n) is 12.6. The minimum absolute atomic E-state index is 0. The fourth-order valence-electron chi connectivity index (χ4n) is 3.62. The van der Waals surface area contributed by atoms with Crippen LogP contribution >= 0.6 is 12.0 Å². The molecule has 0 amide bonds. The third-order valence-electron chi connectivity index (χ3n) is 5.41. The molecule has 0 aliphatic rings. The predicted molar refractivity (Wildman–Crippen MR) is 174 cm³/mol. The minimum atomic E-state index is -4.99. The van der Waals surface area contributed by atoms with E-state index in [0.29, 0.717) is 28.2 Å². The summed E-state index contributed by atoms with van der Waals surface area (Å²) in [6.07, 6.45) is 23.8. The van der Waals surface area contributed by atoms with E-state index in [1.807, 2.05) is 0 Å². The van der Waals surface area contributed by atoms with Gasteiger partial charge in [0.25, 0.3) is 0 Å². The summed E-state index contributed by atoms with van der Waals surface area (Å²) < 4.78 is 41.3. The van der Waals surface area contributed by atoms with Crippen LogP contribution in [0, 0.1) is 49.9 Å². The van der Waals surface area contributed by atoms with Crippen LogP contribution in [-0.2, 0) is 19.5 Å². The van der Waals surface area contributed by atoms with Crippen LogP contribution in [0.4, 0.5) is 47.1 Å². The summed E-state index contributed by atoms with van der Waals surface area (Å²) >= 11 is 0.551. The summed E-state index contributed by atoms with van der Waals surface area (Å²) in [5.41, 5.74) is 0.998. The molecule has 0 aliphatic heterocycles. The summed E-state index contributed by atoms with van der Waals surface area (Å²) in [6, 6.07) is 17.3. The summed E-state index contributed by atoms with van der Waals surface area (Å²) in [5.74, 6) is -0.0354. The fraction of sp³-hybridized carbons (Fsp3) is 0. The van der Waals surface area contributed by atoms with E-state index >= 15 is 0 Å². The van der Waals surface area contributed by atoms with Gasteiger partial charge in [0.15, 0.2) is 0 Å². The van der Waals surface area contributed by atoms with E-state index in [1.165, 1.54) is 30.4 Å². The van der Waals surface area contributed by atoms with Crippen LogP contribution < -0.4 is 96.3 Å². The van der Waals surface area contributed by atoms with Crippen LogP contribution in [-0.4, -0.2) is 42.9 Å². The van der Waals surface area contributed by atoms with Crippen molar-refractivity contribution in [3.8, 4) is 49.9 Å². The molecule has 18 nitrogen and oxygen atoms in total. The largest absolute Gasteiger partial charge is 1.00 e. The van der Waals surface area contributed by atoms with Crippen molar-refractivity contribution in [3.05, 3.63) is 47.5 Å². The van der Waals surface area contributed by atoms with Crippen molar-refractivity contribution in [1.29, 1.82) is 0 Å². The van der Waals surface area contributed by atoms with Gasteiger partial charge in [0.2, 0.25) is 35.7 Å². The zero-order chi connectivity index (χ0) is 34.5. The normalized spacial score (nSPS) is 10.1. The van der Waals surface area contributed by atoms with Gasteiger partial charge >= 0.3 is 59.1 Å². The van der Waals surface area contributed by atoms with Crippen molar-refractivity contribution in [2.75, 3.05) is 31.9 Å². The van der Waals surface area contributed by atoms with Crippen molar-refractivity contribution < 1.29 is 86.7 Å². The molecular weight excluding hydrogens is 711 g/mol. The third kappa shape index (κ3) is 12.1. The second-order valence-corrected chi connectivity index (χ2v) is 10.5. The van der Waals surface area contributed by atoms with E-state index in [-0.39, 0.29) is 106 Å². The Morgan fingerprint density at radius 3 is 1.48 bits per heavy atom. The van der Waals surface area contributed by atoms with Crippen LogP contribution in [0.15, 0.2) is 46.2 Å². The Bertz CT molecular complexity index is 2080. The molecular formula is C28H18N12Na2O6S2. The van der Waals surface area contributed by atoms with E-state index < -0.39 is 15.0 Å². The van der Waals surface area contributed by atoms with E-state index in [2.05, 4.69) is 95.4 Å². The van der Waals surface area contributed by atoms with Crippen molar-refractivity contribution >= 4 is 81.4 Å². The van der Waals surface area contributed by atoms with Crippen LogP contribution in [0.5, 0.6) is 0 Å². The topological polar surface area (TPSA) is 248 Å². The number of benzene rings is 2. The molecule has 0 bridgehead atoms. The number of aromatic nitrogens is 6. The van der Waals surface area contributed by atoms with Crippen LogP contribution in [0.2, 0.25) is 0 Å². The monoisotopic (exact) mass is 728 g/mol. The van der Waals surface area contributed by atoms with E-state index in [4.69, 9.17) is 25.7 Å². The van der Waals surface area contributed by atoms with Crippen LogP contribution in [0.1, 0.15) is 11.1 Å². The second kappa shape index (κ2) is 20.1. The van der Waals surface area contributed by atoms with Crippen molar-refractivity contribution in [2.45, 2.75) is 9.79 Å². The van der Waals surface area contributed by atoms with Gasteiger partial charge < -0.3 is 20.4 Å². The zero-order valence-electron chi connectivity index (χ0n) is 25.9. The van der Waals surface area contributed by atoms with Gasteiger partial charge in [-0.1, -0.05) is 50.0 Å². The fourth-order valence-corrected chi connectivity index (χ4v) is 4.83. The average Bonchev–Trinajstić information content (AvgIpc) is 3.04. The molecule has 2 heterocycles. The Morgan fingerprint density at radius 2 is 1.06 bits per heavy atom. The molecule has 4 rings (SSSR count). The summed E-state index contributed by atoms with van der Waals surface area (Å²) in [5, 5.41) is 29.7. The number of terminal acetylenes is 4. The molecule has 22 heteroatoms. The van der Waals surface area contributed by atoms with Crippen LogP contribution in [0.3, 0.4) is 0 Å². The molecule has 2 aromatic carbocycles.